The molecule has 2 amide bonds. The van der Waals surface area contributed by atoms with E-state index in [2.05, 4.69) is 15.5 Å². The van der Waals surface area contributed by atoms with E-state index in [4.69, 9.17) is 9.84 Å². The lowest BCUT2D eigenvalue weighted by Crippen LogP contribution is -2.54. The Balaban J connectivity index is 1.60. The third-order valence-corrected chi connectivity index (χ3v) is 5.87. The van der Waals surface area contributed by atoms with Gasteiger partial charge in [0.05, 0.1) is 25.7 Å². The van der Waals surface area contributed by atoms with Gasteiger partial charge in [0.1, 0.15) is 5.54 Å². The van der Waals surface area contributed by atoms with Crippen LogP contribution in [0, 0.1) is 5.92 Å². The van der Waals surface area contributed by atoms with Gasteiger partial charge in [0.25, 0.3) is 0 Å². The van der Waals surface area contributed by atoms with E-state index in [0.29, 0.717) is 19.6 Å². The Morgan fingerprint density at radius 3 is 3.08 bits per heavy atom. The van der Waals surface area contributed by atoms with Crippen molar-refractivity contribution in [3.8, 4) is 0 Å². The lowest BCUT2D eigenvalue weighted by Gasteiger charge is -2.36. The van der Waals surface area contributed by atoms with Gasteiger partial charge in [0.2, 0.25) is 11.8 Å². The van der Waals surface area contributed by atoms with Gasteiger partial charge in [-0.2, -0.15) is 0 Å². The van der Waals surface area contributed by atoms with Gasteiger partial charge < -0.3 is 20.5 Å². The maximum Gasteiger partial charge on any atom is 0.250 e. The number of anilines is 1. The maximum atomic E-state index is 13.1. The molecule has 3 atom stereocenters. The molecule has 7 nitrogen and oxygen atoms in total. The van der Waals surface area contributed by atoms with Gasteiger partial charge in [-0.25, -0.2) is 0 Å². The Morgan fingerprint density at radius 1 is 1.38 bits per heavy atom. The first-order valence-electron chi connectivity index (χ1n) is 9.33. The second-order valence-electron chi connectivity index (χ2n) is 7.17. The molecule has 0 saturated carbocycles. The summed E-state index contributed by atoms with van der Waals surface area (Å²) in [4.78, 5) is 28.4. The van der Waals surface area contributed by atoms with Crippen molar-refractivity contribution in [3.63, 3.8) is 0 Å². The fourth-order valence-corrected chi connectivity index (χ4v) is 4.92. The lowest BCUT2D eigenvalue weighted by atomic mass is 9.78. The third-order valence-electron chi connectivity index (χ3n) is 5.87. The van der Waals surface area contributed by atoms with E-state index >= 15 is 0 Å². The number of nitrogens with one attached hydrogen (secondary N) is 2. The topological polar surface area (TPSA) is 90.9 Å². The number of hydrogen-bond acceptors (Lipinski definition) is 5. The molecule has 1 spiro atoms. The first kappa shape index (κ1) is 17.5. The number of ether oxygens (including phenoxy) is 1. The van der Waals surface area contributed by atoms with Crippen molar-refractivity contribution in [2.45, 2.75) is 30.8 Å². The number of amides is 2. The number of benzene rings is 1. The Kier molecular flexibility index (Phi) is 4.69. The van der Waals surface area contributed by atoms with Crippen LogP contribution >= 0.6 is 0 Å². The van der Waals surface area contributed by atoms with E-state index < -0.39 is 11.5 Å². The van der Waals surface area contributed by atoms with Crippen LogP contribution in [0.15, 0.2) is 24.3 Å². The molecule has 0 aromatic heterocycles. The molecule has 7 heteroatoms. The highest BCUT2D eigenvalue weighted by atomic mass is 16.5. The molecule has 0 unspecified atom stereocenters. The third kappa shape index (κ3) is 2.53. The van der Waals surface area contributed by atoms with Crippen molar-refractivity contribution < 1.29 is 19.4 Å². The number of nitrogens with zero attached hydrogens (tertiary/aromatic N) is 1. The fraction of sp³-hybridized carbons (Fsp3) is 0.579. The smallest absolute Gasteiger partial charge is 0.250 e. The summed E-state index contributed by atoms with van der Waals surface area (Å²) < 4.78 is 5.21. The van der Waals surface area contributed by atoms with Crippen LogP contribution in [0.4, 0.5) is 5.69 Å². The molecular weight excluding hydrogens is 334 g/mol. The zero-order chi connectivity index (χ0) is 18.1. The monoisotopic (exact) mass is 359 g/mol. The van der Waals surface area contributed by atoms with Crippen LogP contribution in [0.5, 0.6) is 0 Å². The molecule has 1 aromatic rings. The molecule has 0 aliphatic carbocycles. The molecule has 2 saturated heterocycles. The van der Waals surface area contributed by atoms with Crippen molar-refractivity contribution in [1.82, 2.24) is 10.2 Å². The summed E-state index contributed by atoms with van der Waals surface area (Å²) in [5.41, 5.74) is 0.841. The lowest BCUT2D eigenvalue weighted by molar-refractivity contribution is -0.137. The number of carbonyl (C=O) groups excluding carboxylic acids is 2. The summed E-state index contributed by atoms with van der Waals surface area (Å²) in [5, 5.41) is 14.7. The quantitative estimate of drug-likeness (QED) is 0.642. The first-order chi connectivity index (χ1) is 12.7. The molecular formula is C19H25N3O4. The Hall–Kier alpha value is -1.96. The van der Waals surface area contributed by atoms with Gasteiger partial charge in [-0.05, 0) is 31.9 Å². The highest BCUT2D eigenvalue weighted by Gasteiger charge is 2.65. The summed E-state index contributed by atoms with van der Waals surface area (Å²) in [6.45, 7) is 1.79. The average Bonchev–Trinajstić information content (AvgIpc) is 3.29. The van der Waals surface area contributed by atoms with E-state index in [1.807, 2.05) is 24.3 Å². The van der Waals surface area contributed by atoms with Gasteiger partial charge >= 0.3 is 0 Å². The molecule has 3 N–H and O–H groups in total. The molecule has 1 aromatic carbocycles. The number of hydrogen-bond donors (Lipinski definition) is 3. The number of aliphatic hydroxyl groups excluding tert-OH is 1. The minimum atomic E-state index is -0.895. The second kappa shape index (κ2) is 6.98. The van der Waals surface area contributed by atoms with E-state index in [1.165, 1.54) is 0 Å². The molecule has 26 heavy (non-hydrogen) atoms. The van der Waals surface area contributed by atoms with Gasteiger partial charge in [0, 0.05) is 23.8 Å². The number of aliphatic hydroxyl groups is 1. The molecule has 0 bridgehead atoms. The SMILES string of the molecule is O=C(NCCOCCO)[C@@H]1C[C@H]2CCCN2[C@]12C(=O)Nc1ccccc12. The average molecular weight is 359 g/mol. The van der Waals surface area contributed by atoms with E-state index in [0.717, 1.165) is 30.6 Å². The molecule has 4 rings (SSSR count). The first-order valence-corrected chi connectivity index (χ1v) is 9.33. The second-order valence-corrected chi connectivity index (χ2v) is 7.17. The summed E-state index contributed by atoms with van der Waals surface area (Å²) >= 11 is 0. The predicted octanol–water partition coefficient (Wildman–Crippen LogP) is 0.443. The van der Waals surface area contributed by atoms with Crippen LogP contribution in [0.1, 0.15) is 24.8 Å². The van der Waals surface area contributed by atoms with E-state index in [9.17, 15) is 9.59 Å². The summed E-state index contributed by atoms with van der Waals surface area (Å²) in [6, 6.07) is 7.99. The number of rotatable bonds is 6. The zero-order valence-corrected chi connectivity index (χ0v) is 14.7. The Bertz CT molecular complexity index is 710. The molecule has 2 fully saturated rings. The van der Waals surface area contributed by atoms with Crippen molar-refractivity contribution >= 4 is 17.5 Å². The summed E-state index contributed by atoms with van der Waals surface area (Å²) in [7, 11) is 0. The van der Waals surface area contributed by atoms with E-state index in [1.54, 1.807) is 0 Å². The number of carbonyl (C=O) groups is 2. The molecule has 0 radical (unpaired) electrons. The van der Waals surface area contributed by atoms with Crippen molar-refractivity contribution in [2.24, 2.45) is 5.92 Å². The summed E-state index contributed by atoms with van der Waals surface area (Å²) in [5.74, 6) is -0.590. The van der Waals surface area contributed by atoms with Crippen molar-refractivity contribution in [1.29, 1.82) is 0 Å². The predicted molar refractivity (Wildman–Crippen MR) is 95.5 cm³/mol. The van der Waals surface area contributed by atoms with Gasteiger partial charge in [-0.1, -0.05) is 18.2 Å². The fourth-order valence-electron chi connectivity index (χ4n) is 4.92. The molecule has 3 aliphatic rings. The van der Waals surface area contributed by atoms with Crippen LogP contribution < -0.4 is 10.6 Å². The highest BCUT2D eigenvalue weighted by molar-refractivity contribution is 6.09. The minimum Gasteiger partial charge on any atom is -0.394 e. The minimum absolute atomic E-state index is 0.0344. The number of para-hydroxylation sites is 1. The van der Waals surface area contributed by atoms with Gasteiger partial charge in [-0.3, -0.25) is 14.5 Å². The molecule has 140 valence electrons. The van der Waals surface area contributed by atoms with Gasteiger partial charge in [-0.15, -0.1) is 0 Å². The normalized spacial score (nSPS) is 29.7. The van der Waals surface area contributed by atoms with Crippen molar-refractivity contribution in [3.05, 3.63) is 29.8 Å². The van der Waals surface area contributed by atoms with E-state index in [-0.39, 0.29) is 31.1 Å². The Labute approximate surface area is 152 Å². The maximum absolute atomic E-state index is 13.1. The Morgan fingerprint density at radius 2 is 2.23 bits per heavy atom. The van der Waals surface area contributed by atoms with Crippen LogP contribution in [-0.2, 0) is 19.9 Å². The van der Waals surface area contributed by atoms with Crippen LogP contribution in [0.3, 0.4) is 0 Å². The molecule has 3 heterocycles. The largest absolute Gasteiger partial charge is 0.394 e. The molecule has 3 aliphatic heterocycles. The van der Waals surface area contributed by atoms with Crippen LogP contribution in [0.25, 0.3) is 0 Å². The van der Waals surface area contributed by atoms with Crippen molar-refractivity contribution in [2.75, 3.05) is 38.2 Å². The summed E-state index contributed by atoms with van der Waals surface area (Å²) in [6.07, 6.45) is 2.79. The standard InChI is InChI=1S/C19H25N3O4/c23-9-11-26-10-7-20-17(24)15-12-13-4-3-8-22(13)19(15)14-5-1-2-6-16(14)21-18(19)25/h1-2,5-6,13,15,23H,3-4,7-12H2,(H,20,24)(H,21,25)/t13-,15+,19+/m1/s1. The number of fused-ring (bicyclic) bond motifs is 4. The highest BCUT2D eigenvalue weighted by Crippen LogP contribution is 2.55. The zero-order valence-electron chi connectivity index (χ0n) is 14.7. The van der Waals surface area contributed by atoms with Crippen LogP contribution in [-0.4, -0.2) is 60.8 Å². The van der Waals surface area contributed by atoms with Crippen LogP contribution in [0.2, 0.25) is 0 Å². The van der Waals surface area contributed by atoms with Gasteiger partial charge in [0.15, 0.2) is 0 Å².